The molecule has 0 spiro atoms. The van der Waals surface area contributed by atoms with Gasteiger partial charge in [0.25, 0.3) is 0 Å². The van der Waals surface area contributed by atoms with Gasteiger partial charge >= 0.3 is 0 Å². The Kier molecular flexibility index (Phi) is 3.68. The van der Waals surface area contributed by atoms with Gasteiger partial charge in [0.2, 0.25) is 0 Å². The van der Waals surface area contributed by atoms with Crippen molar-refractivity contribution in [2.45, 2.75) is 18.8 Å². The zero-order valence-corrected chi connectivity index (χ0v) is 12.9. The number of hydrogen-bond donors (Lipinski definition) is 0. The first-order valence-corrected chi connectivity index (χ1v) is 7.71. The lowest BCUT2D eigenvalue weighted by Crippen LogP contribution is -2.04. The molecular formula is C15H15ClN2OS. The maximum absolute atomic E-state index is 6.28. The summed E-state index contributed by atoms with van der Waals surface area (Å²) < 4.78 is 7.44. The lowest BCUT2D eigenvalue weighted by atomic mass is 10.3. The molecule has 1 aromatic carbocycles. The van der Waals surface area contributed by atoms with Gasteiger partial charge < -0.3 is 9.30 Å². The predicted molar refractivity (Wildman–Crippen MR) is 84.0 cm³/mol. The third-order valence-electron chi connectivity index (χ3n) is 3.23. The van der Waals surface area contributed by atoms with E-state index in [1.165, 1.54) is 4.88 Å². The van der Waals surface area contributed by atoms with Crippen molar-refractivity contribution in [3.05, 3.63) is 46.4 Å². The lowest BCUT2D eigenvalue weighted by Gasteiger charge is -2.09. The summed E-state index contributed by atoms with van der Waals surface area (Å²) in [6.45, 7) is 2.75. The van der Waals surface area contributed by atoms with E-state index in [4.69, 9.17) is 16.3 Å². The Morgan fingerprint density at radius 2 is 2.25 bits per heavy atom. The van der Waals surface area contributed by atoms with Crippen LogP contribution in [0.3, 0.4) is 0 Å². The molecule has 104 valence electrons. The standard InChI is InChI=1S/C15H15ClN2OS/c1-10(16)15-17-13-8-11(19-2)5-6-14(13)18(15)9-12-4-3-7-20-12/h3-8,10H,9H2,1-2H3. The van der Waals surface area contributed by atoms with Crippen LogP contribution >= 0.6 is 22.9 Å². The molecule has 2 aromatic heterocycles. The van der Waals surface area contributed by atoms with E-state index in [2.05, 4.69) is 27.1 Å². The van der Waals surface area contributed by atoms with Gasteiger partial charge in [-0.25, -0.2) is 4.98 Å². The molecule has 3 aromatic rings. The molecule has 3 nitrogen and oxygen atoms in total. The minimum atomic E-state index is -0.131. The fourth-order valence-electron chi connectivity index (χ4n) is 2.28. The summed E-state index contributed by atoms with van der Waals surface area (Å²) in [5, 5.41) is 1.95. The van der Waals surface area contributed by atoms with E-state index in [1.54, 1.807) is 18.4 Å². The summed E-state index contributed by atoms with van der Waals surface area (Å²) in [7, 11) is 1.66. The number of benzene rings is 1. The van der Waals surface area contributed by atoms with Crippen LogP contribution in [0.25, 0.3) is 11.0 Å². The van der Waals surface area contributed by atoms with E-state index >= 15 is 0 Å². The summed E-state index contributed by atoms with van der Waals surface area (Å²) in [5.41, 5.74) is 2.00. The monoisotopic (exact) mass is 306 g/mol. The molecule has 0 saturated carbocycles. The maximum atomic E-state index is 6.28. The Morgan fingerprint density at radius 3 is 2.90 bits per heavy atom. The SMILES string of the molecule is COc1ccc2c(c1)nc(C(C)Cl)n2Cc1cccs1. The molecule has 0 bridgehead atoms. The highest BCUT2D eigenvalue weighted by atomic mass is 35.5. The van der Waals surface area contributed by atoms with Gasteiger partial charge in [-0.05, 0) is 30.5 Å². The average molecular weight is 307 g/mol. The van der Waals surface area contributed by atoms with E-state index in [9.17, 15) is 0 Å². The number of halogens is 1. The number of aromatic nitrogens is 2. The van der Waals surface area contributed by atoms with Crippen molar-refractivity contribution in [3.8, 4) is 5.75 Å². The van der Waals surface area contributed by atoms with Crippen LogP contribution in [0, 0.1) is 0 Å². The molecule has 2 heterocycles. The number of rotatable bonds is 4. The molecule has 3 rings (SSSR count). The summed E-state index contributed by atoms with van der Waals surface area (Å²) in [5.74, 6) is 1.70. The second kappa shape index (κ2) is 5.46. The molecule has 5 heteroatoms. The Bertz CT molecular complexity index is 719. The Morgan fingerprint density at radius 1 is 1.40 bits per heavy atom. The molecule has 0 amide bonds. The molecule has 20 heavy (non-hydrogen) atoms. The number of hydrogen-bond acceptors (Lipinski definition) is 3. The fourth-order valence-corrected chi connectivity index (χ4v) is 3.14. The lowest BCUT2D eigenvalue weighted by molar-refractivity contribution is 0.415. The van der Waals surface area contributed by atoms with Crippen molar-refractivity contribution in [2.75, 3.05) is 7.11 Å². The molecule has 0 aliphatic rings. The zero-order chi connectivity index (χ0) is 14.1. The van der Waals surface area contributed by atoms with Crippen molar-refractivity contribution in [1.82, 2.24) is 9.55 Å². The zero-order valence-electron chi connectivity index (χ0n) is 11.3. The molecule has 0 aliphatic heterocycles. The van der Waals surface area contributed by atoms with Gasteiger partial charge in [-0.1, -0.05) is 6.07 Å². The van der Waals surface area contributed by atoms with Gasteiger partial charge in [-0.15, -0.1) is 22.9 Å². The van der Waals surface area contributed by atoms with E-state index in [1.807, 2.05) is 25.1 Å². The summed E-state index contributed by atoms with van der Waals surface area (Å²) in [6, 6.07) is 10.1. The Hall–Kier alpha value is -1.52. The number of fused-ring (bicyclic) bond motifs is 1. The van der Waals surface area contributed by atoms with Crippen molar-refractivity contribution in [2.24, 2.45) is 0 Å². The highest BCUT2D eigenvalue weighted by Crippen LogP contribution is 2.28. The fraction of sp³-hybridized carbons (Fsp3) is 0.267. The molecule has 0 fully saturated rings. The van der Waals surface area contributed by atoms with Crippen LogP contribution in [0.4, 0.5) is 0 Å². The van der Waals surface area contributed by atoms with Gasteiger partial charge in [0.1, 0.15) is 11.6 Å². The smallest absolute Gasteiger partial charge is 0.128 e. The van der Waals surface area contributed by atoms with Gasteiger partial charge in [0.15, 0.2) is 0 Å². The van der Waals surface area contributed by atoms with Crippen molar-refractivity contribution < 1.29 is 4.74 Å². The second-order valence-corrected chi connectivity index (χ2v) is 6.29. The minimum absolute atomic E-state index is 0.131. The Labute approximate surface area is 126 Å². The Balaban J connectivity index is 2.14. The minimum Gasteiger partial charge on any atom is -0.497 e. The number of nitrogens with zero attached hydrogens (tertiary/aromatic N) is 2. The summed E-state index contributed by atoms with van der Waals surface area (Å²) in [6.07, 6.45) is 0. The average Bonchev–Trinajstić information content (AvgIpc) is 3.06. The number of imidazole rings is 1. The van der Waals surface area contributed by atoms with Crippen LogP contribution in [0.2, 0.25) is 0 Å². The summed E-state index contributed by atoms with van der Waals surface area (Å²) in [4.78, 5) is 5.95. The van der Waals surface area contributed by atoms with Gasteiger partial charge in [-0.2, -0.15) is 0 Å². The molecule has 0 N–H and O–H groups in total. The van der Waals surface area contributed by atoms with Crippen molar-refractivity contribution >= 4 is 34.0 Å². The summed E-state index contributed by atoms with van der Waals surface area (Å²) >= 11 is 8.02. The van der Waals surface area contributed by atoms with Crippen LogP contribution in [0.5, 0.6) is 5.75 Å². The topological polar surface area (TPSA) is 27.1 Å². The first-order valence-electron chi connectivity index (χ1n) is 6.39. The molecule has 0 radical (unpaired) electrons. The van der Waals surface area contributed by atoms with E-state index in [0.29, 0.717) is 0 Å². The second-order valence-electron chi connectivity index (χ2n) is 4.61. The van der Waals surface area contributed by atoms with Crippen molar-refractivity contribution in [1.29, 1.82) is 0 Å². The number of methoxy groups -OCH3 is 1. The van der Waals surface area contributed by atoms with Crippen LogP contribution < -0.4 is 4.74 Å². The van der Waals surface area contributed by atoms with Crippen LogP contribution in [-0.4, -0.2) is 16.7 Å². The molecule has 1 unspecified atom stereocenters. The highest BCUT2D eigenvalue weighted by molar-refractivity contribution is 7.09. The van der Waals surface area contributed by atoms with Crippen LogP contribution in [-0.2, 0) is 6.54 Å². The van der Waals surface area contributed by atoms with Crippen molar-refractivity contribution in [3.63, 3.8) is 0 Å². The highest BCUT2D eigenvalue weighted by Gasteiger charge is 2.16. The number of thiophene rings is 1. The number of ether oxygens (including phenoxy) is 1. The van der Waals surface area contributed by atoms with Crippen LogP contribution in [0.1, 0.15) is 23.0 Å². The number of alkyl halides is 1. The predicted octanol–water partition coefficient (Wildman–Crippen LogP) is 4.45. The maximum Gasteiger partial charge on any atom is 0.128 e. The van der Waals surface area contributed by atoms with E-state index < -0.39 is 0 Å². The first kappa shape index (κ1) is 13.5. The van der Waals surface area contributed by atoms with E-state index in [-0.39, 0.29) is 5.38 Å². The largest absolute Gasteiger partial charge is 0.497 e. The van der Waals surface area contributed by atoms with Crippen LogP contribution in [0.15, 0.2) is 35.7 Å². The molecule has 0 saturated heterocycles. The molecule has 0 aliphatic carbocycles. The molecular weight excluding hydrogens is 292 g/mol. The van der Waals surface area contributed by atoms with E-state index in [0.717, 1.165) is 29.2 Å². The van der Waals surface area contributed by atoms with Gasteiger partial charge in [0.05, 0.1) is 30.1 Å². The molecule has 1 atom stereocenters. The van der Waals surface area contributed by atoms with Gasteiger partial charge in [0, 0.05) is 10.9 Å². The van der Waals surface area contributed by atoms with Gasteiger partial charge in [-0.3, -0.25) is 0 Å². The normalized spacial score (nSPS) is 12.8. The quantitative estimate of drug-likeness (QED) is 0.666. The first-order chi connectivity index (χ1) is 9.69. The third kappa shape index (κ3) is 2.41. The third-order valence-corrected chi connectivity index (χ3v) is 4.29.